The molecule has 6 heteroatoms. The van der Waals surface area contributed by atoms with Crippen molar-refractivity contribution in [2.24, 2.45) is 0 Å². The molecule has 2 aliphatic rings. The van der Waals surface area contributed by atoms with Gasteiger partial charge in [0.25, 0.3) is 5.91 Å². The molecular formula is C28H33N3O3. The van der Waals surface area contributed by atoms with Crippen LogP contribution in [0.4, 0.5) is 0 Å². The van der Waals surface area contributed by atoms with Crippen LogP contribution in [0.3, 0.4) is 0 Å². The van der Waals surface area contributed by atoms with Gasteiger partial charge in [0.05, 0.1) is 12.6 Å². The topological polar surface area (TPSA) is 63.6 Å². The number of nitrogens with one attached hydrogen (secondary N) is 1. The quantitative estimate of drug-likeness (QED) is 0.570. The Bertz CT molecular complexity index is 1210. The molecule has 5 rings (SSSR count). The van der Waals surface area contributed by atoms with Crippen molar-refractivity contribution in [1.82, 2.24) is 14.8 Å². The number of rotatable bonds is 6. The van der Waals surface area contributed by atoms with Crippen molar-refractivity contribution in [3.63, 3.8) is 0 Å². The Kier molecular flexibility index (Phi) is 5.84. The van der Waals surface area contributed by atoms with Crippen molar-refractivity contribution in [2.45, 2.75) is 77.2 Å². The maximum atomic E-state index is 13.9. The van der Waals surface area contributed by atoms with Crippen LogP contribution in [-0.4, -0.2) is 39.0 Å². The van der Waals surface area contributed by atoms with Gasteiger partial charge in [0, 0.05) is 23.5 Å². The number of fused-ring (bicyclic) bond motifs is 3. The highest BCUT2D eigenvalue weighted by Gasteiger charge is 2.48. The van der Waals surface area contributed by atoms with Gasteiger partial charge in [0.2, 0.25) is 5.91 Å². The SMILES string of the molecule is CC(C)Oc1ccc(CN2C(=O)c3cc4ccccc4n3CC2(C)C(=O)NC2CCCC2)cc1. The minimum atomic E-state index is -0.998. The average Bonchev–Trinajstić information content (AvgIpc) is 3.45. The third-order valence-electron chi connectivity index (χ3n) is 7.15. The molecule has 1 fully saturated rings. The molecule has 2 heterocycles. The van der Waals surface area contributed by atoms with Gasteiger partial charge in [-0.1, -0.05) is 43.2 Å². The van der Waals surface area contributed by atoms with Crippen molar-refractivity contribution in [3.8, 4) is 5.75 Å². The van der Waals surface area contributed by atoms with Crippen molar-refractivity contribution in [3.05, 3.63) is 65.9 Å². The molecule has 0 saturated heterocycles. The van der Waals surface area contributed by atoms with Gasteiger partial charge in [-0.15, -0.1) is 0 Å². The zero-order valence-corrected chi connectivity index (χ0v) is 20.2. The first kappa shape index (κ1) is 22.5. The number of carbonyl (C=O) groups is 2. The highest BCUT2D eigenvalue weighted by molar-refractivity contribution is 6.03. The first-order chi connectivity index (χ1) is 16.3. The van der Waals surface area contributed by atoms with E-state index in [1.165, 1.54) is 0 Å². The van der Waals surface area contributed by atoms with Gasteiger partial charge in [-0.2, -0.15) is 0 Å². The third-order valence-corrected chi connectivity index (χ3v) is 7.15. The summed E-state index contributed by atoms with van der Waals surface area (Å²) in [5.41, 5.74) is 1.59. The Hall–Kier alpha value is -3.28. The molecule has 1 unspecified atom stereocenters. The molecule has 1 saturated carbocycles. The molecular weight excluding hydrogens is 426 g/mol. The van der Waals surface area contributed by atoms with Gasteiger partial charge in [0.1, 0.15) is 17.0 Å². The number of nitrogens with zero attached hydrogens (tertiary/aromatic N) is 2. The standard InChI is InChI=1S/C28H33N3O3/c1-19(2)34-23-14-12-20(13-15-23)17-31-26(32)25-16-21-8-4-7-11-24(21)30(25)18-28(31,3)27(33)29-22-9-5-6-10-22/h4,7-8,11-16,19,22H,5-6,9-10,17-18H2,1-3H3,(H,29,33). The lowest BCUT2D eigenvalue weighted by Gasteiger charge is -2.44. The minimum absolute atomic E-state index is 0.0732. The number of amides is 2. The zero-order chi connectivity index (χ0) is 23.9. The number of hydrogen-bond acceptors (Lipinski definition) is 3. The number of para-hydroxylation sites is 1. The monoisotopic (exact) mass is 459 g/mol. The lowest BCUT2D eigenvalue weighted by Crippen LogP contribution is -2.64. The Morgan fingerprint density at radius 2 is 1.82 bits per heavy atom. The predicted molar refractivity (Wildman–Crippen MR) is 133 cm³/mol. The summed E-state index contributed by atoms with van der Waals surface area (Å²) in [6.07, 6.45) is 4.39. The number of benzene rings is 2. The summed E-state index contributed by atoms with van der Waals surface area (Å²) in [4.78, 5) is 29.3. The summed E-state index contributed by atoms with van der Waals surface area (Å²) >= 11 is 0. The van der Waals surface area contributed by atoms with Crippen LogP contribution in [0.25, 0.3) is 10.9 Å². The van der Waals surface area contributed by atoms with Gasteiger partial charge in [0.15, 0.2) is 0 Å². The Labute approximate surface area is 200 Å². The van der Waals surface area contributed by atoms with Crippen LogP contribution in [0, 0.1) is 0 Å². The molecule has 178 valence electrons. The summed E-state index contributed by atoms with van der Waals surface area (Å²) in [7, 11) is 0. The summed E-state index contributed by atoms with van der Waals surface area (Å²) < 4.78 is 7.78. The molecule has 1 N–H and O–H groups in total. The van der Waals surface area contributed by atoms with Crippen LogP contribution < -0.4 is 10.1 Å². The Morgan fingerprint density at radius 3 is 2.53 bits per heavy atom. The van der Waals surface area contributed by atoms with Crippen LogP contribution in [-0.2, 0) is 17.9 Å². The second-order valence-electron chi connectivity index (χ2n) is 10.1. The molecule has 0 bridgehead atoms. The van der Waals surface area contributed by atoms with Gasteiger partial charge < -0.3 is 19.5 Å². The van der Waals surface area contributed by atoms with Crippen LogP contribution in [0.2, 0.25) is 0 Å². The molecule has 2 amide bonds. The van der Waals surface area contributed by atoms with Crippen molar-refractivity contribution < 1.29 is 14.3 Å². The first-order valence-corrected chi connectivity index (χ1v) is 12.3. The number of carbonyl (C=O) groups excluding carboxylic acids is 2. The zero-order valence-electron chi connectivity index (χ0n) is 20.2. The first-order valence-electron chi connectivity index (χ1n) is 12.3. The van der Waals surface area contributed by atoms with E-state index in [2.05, 4.69) is 5.32 Å². The van der Waals surface area contributed by atoms with E-state index < -0.39 is 5.54 Å². The van der Waals surface area contributed by atoms with Crippen LogP contribution in [0.15, 0.2) is 54.6 Å². The van der Waals surface area contributed by atoms with Gasteiger partial charge in [-0.25, -0.2) is 0 Å². The van der Waals surface area contributed by atoms with Gasteiger partial charge in [-0.05, 0) is 63.4 Å². The number of aromatic nitrogens is 1. The fourth-order valence-corrected chi connectivity index (χ4v) is 5.29. The lowest BCUT2D eigenvalue weighted by molar-refractivity contribution is -0.133. The molecule has 0 radical (unpaired) electrons. The second-order valence-corrected chi connectivity index (χ2v) is 10.1. The highest BCUT2D eigenvalue weighted by Crippen LogP contribution is 2.34. The molecule has 2 aromatic carbocycles. The largest absolute Gasteiger partial charge is 0.491 e. The summed E-state index contributed by atoms with van der Waals surface area (Å²) in [5, 5.41) is 4.28. The fourth-order valence-electron chi connectivity index (χ4n) is 5.29. The van der Waals surface area contributed by atoms with E-state index in [0.29, 0.717) is 18.8 Å². The maximum Gasteiger partial charge on any atom is 0.271 e. The smallest absolute Gasteiger partial charge is 0.271 e. The highest BCUT2D eigenvalue weighted by atomic mass is 16.5. The molecule has 6 nitrogen and oxygen atoms in total. The molecule has 34 heavy (non-hydrogen) atoms. The van der Waals surface area contributed by atoms with E-state index in [1.54, 1.807) is 4.90 Å². The van der Waals surface area contributed by atoms with E-state index in [-0.39, 0.29) is 24.0 Å². The second kappa shape index (κ2) is 8.82. The minimum Gasteiger partial charge on any atom is -0.491 e. The summed E-state index contributed by atoms with van der Waals surface area (Å²) in [5.74, 6) is 0.607. The van der Waals surface area contributed by atoms with Crippen molar-refractivity contribution in [1.29, 1.82) is 0 Å². The summed E-state index contributed by atoms with van der Waals surface area (Å²) in [6, 6.07) is 17.9. The van der Waals surface area contributed by atoms with E-state index in [9.17, 15) is 9.59 Å². The Morgan fingerprint density at radius 1 is 1.12 bits per heavy atom. The molecule has 1 aliphatic carbocycles. The predicted octanol–water partition coefficient (Wildman–Crippen LogP) is 4.90. The van der Waals surface area contributed by atoms with E-state index in [0.717, 1.165) is 47.9 Å². The number of hydrogen-bond donors (Lipinski definition) is 1. The molecule has 1 atom stereocenters. The van der Waals surface area contributed by atoms with Crippen LogP contribution >= 0.6 is 0 Å². The average molecular weight is 460 g/mol. The van der Waals surface area contributed by atoms with E-state index in [1.807, 2.05) is 79.9 Å². The van der Waals surface area contributed by atoms with Crippen molar-refractivity contribution in [2.75, 3.05) is 0 Å². The lowest BCUT2D eigenvalue weighted by atomic mass is 9.93. The molecule has 1 aliphatic heterocycles. The van der Waals surface area contributed by atoms with E-state index in [4.69, 9.17) is 4.74 Å². The normalized spacial score (nSPS) is 20.7. The van der Waals surface area contributed by atoms with Crippen LogP contribution in [0.5, 0.6) is 5.75 Å². The molecule has 3 aromatic rings. The van der Waals surface area contributed by atoms with Gasteiger partial charge >= 0.3 is 0 Å². The number of ether oxygens (including phenoxy) is 1. The third kappa shape index (κ3) is 4.06. The van der Waals surface area contributed by atoms with Crippen LogP contribution in [0.1, 0.15) is 62.5 Å². The van der Waals surface area contributed by atoms with Crippen molar-refractivity contribution >= 4 is 22.7 Å². The summed E-state index contributed by atoms with van der Waals surface area (Å²) in [6.45, 7) is 6.68. The van der Waals surface area contributed by atoms with Gasteiger partial charge in [-0.3, -0.25) is 9.59 Å². The fraction of sp³-hybridized carbons (Fsp3) is 0.429. The van der Waals surface area contributed by atoms with E-state index >= 15 is 0 Å². The maximum absolute atomic E-state index is 13.9. The Balaban J connectivity index is 1.50. The molecule has 0 spiro atoms. The molecule has 1 aromatic heterocycles.